The van der Waals surface area contributed by atoms with Crippen molar-refractivity contribution in [1.82, 2.24) is 0 Å². The molecule has 41 heavy (non-hydrogen) atoms. The van der Waals surface area contributed by atoms with E-state index in [0.29, 0.717) is 25.2 Å². The first-order valence-electron chi connectivity index (χ1n) is 16.7. The van der Waals surface area contributed by atoms with Crippen molar-refractivity contribution in [2.24, 2.45) is 46.3 Å². The maximum Gasteiger partial charge on any atom is 0.312 e. The fraction of sp³-hybridized carbons (Fsp3) is 0.943. The van der Waals surface area contributed by atoms with E-state index in [1.807, 2.05) is 34.6 Å². The summed E-state index contributed by atoms with van der Waals surface area (Å²) < 4.78 is 12.0. The molecule has 0 amide bonds. The van der Waals surface area contributed by atoms with E-state index in [4.69, 9.17) is 9.47 Å². The standard InChI is InChI=1S/C19H32O2.C16H26O4/c1-6-18(2,3)17(20)21-19(4,5)16-14-8-12-7-13(10-14)11-15(16)9-12;1-4-13(2,3)12(17)20-16-7-11-5-14(18,9-16)8-15(19,6-11)10-16/h12-16H,6-11H2,1-5H3;11,18-19H,4-10H2,1-3H3. The van der Waals surface area contributed by atoms with Gasteiger partial charge in [-0.15, -0.1) is 0 Å². The number of carbonyl (C=O) groups is 2. The average Bonchev–Trinajstić information content (AvgIpc) is 2.80. The van der Waals surface area contributed by atoms with Crippen LogP contribution >= 0.6 is 0 Å². The zero-order valence-electron chi connectivity index (χ0n) is 27.2. The van der Waals surface area contributed by atoms with Crippen molar-refractivity contribution < 1.29 is 29.3 Å². The Labute approximate surface area is 248 Å². The van der Waals surface area contributed by atoms with Gasteiger partial charge in [-0.2, -0.15) is 0 Å². The van der Waals surface area contributed by atoms with E-state index in [2.05, 4.69) is 20.8 Å². The smallest absolute Gasteiger partial charge is 0.312 e. The Morgan fingerprint density at radius 1 is 0.683 bits per heavy atom. The molecule has 2 atom stereocenters. The quantitative estimate of drug-likeness (QED) is 0.319. The summed E-state index contributed by atoms with van der Waals surface area (Å²) in [4.78, 5) is 24.9. The first-order valence-corrected chi connectivity index (χ1v) is 16.7. The molecule has 0 spiro atoms. The van der Waals surface area contributed by atoms with E-state index in [1.165, 1.54) is 32.1 Å². The predicted octanol–water partition coefficient (Wildman–Crippen LogP) is 6.98. The summed E-state index contributed by atoms with van der Waals surface area (Å²) in [5.74, 6) is 4.20. The zero-order valence-corrected chi connectivity index (χ0v) is 27.2. The molecule has 2 unspecified atom stereocenters. The van der Waals surface area contributed by atoms with Gasteiger partial charge in [0.1, 0.15) is 11.2 Å². The molecule has 6 heteroatoms. The summed E-state index contributed by atoms with van der Waals surface area (Å²) in [6.07, 6.45) is 12.3. The lowest BCUT2D eigenvalue weighted by Gasteiger charge is -2.62. The molecular weight excluding hydrogens is 516 g/mol. The fourth-order valence-electron chi connectivity index (χ4n) is 10.5. The highest BCUT2D eigenvalue weighted by Crippen LogP contribution is 2.61. The van der Waals surface area contributed by atoms with Gasteiger partial charge < -0.3 is 19.7 Å². The average molecular weight is 575 g/mol. The molecule has 0 aromatic carbocycles. The summed E-state index contributed by atoms with van der Waals surface area (Å²) >= 11 is 0. The van der Waals surface area contributed by atoms with Crippen molar-refractivity contribution in [3.8, 4) is 0 Å². The molecule has 8 saturated carbocycles. The van der Waals surface area contributed by atoms with Gasteiger partial charge in [-0.25, -0.2) is 0 Å². The Morgan fingerprint density at radius 3 is 1.59 bits per heavy atom. The fourth-order valence-corrected chi connectivity index (χ4v) is 10.5. The molecule has 2 N–H and O–H groups in total. The molecule has 0 aromatic heterocycles. The van der Waals surface area contributed by atoms with Crippen LogP contribution in [0.1, 0.15) is 139 Å². The molecule has 6 nitrogen and oxygen atoms in total. The van der Waals surface area contributed by atoms with Crippen LogP contribution in [-0.2, 0) is 19.1 Å². The summed E-state index contributed by atoms with van der Waals surface area (Å²) in [5, 5.41) is 21.3. The minimum atomic E-state index is -0.842. The topological polar surface area (TPSA) is 93.1 Å². The van der Waals surface area contributed by atoms with Crippen LogP contribution in [0.4, 0.5) is 0 Å². The highest BCUT2D eigenvalue weighted by atomic mass is 16.6. The second kappa shape index (κ2) is 10.2. The maximum atomic E-state index is 12.5. The number of hydrogen-bond acceptors (Lipinski definition) is 6. The second-order valence-corrected chi connectivity index (χ2v) is 17.5. The van der Waals surface area contributed by atoms with Gasteiger partial charge in [0.05, 0.1) is 22.0 Å². The van der Waals surface area contributed by atoms with Gasteiger partial charge in [-0.3, -0.25) is 9.59 Å². The third-order valence-corrected chi connectivity index (χ3v) is 12.5. The number of esters is 2. The van der Waals surface area contributed by atoms with Crippen molar-refractivity contribution >= 4 is 11.9 Å². The third kappa shape index (κ3) is 5.99. The van der Waals surface area contributed by atoms with E-state index < -0.39 is 22.2 Å². The van der Waals surface area contributed by atoms with Crippen LogP contribution in [0.25, 0.3) is 0 Å². The number of ether oxygens (including phenoxy) is 2. The van der Waals surface area contributed by atoms with E-state index in [9.17, 15) is 19.8 Å². The molecule has 8 aliphatic carbocycles. The van der Waals surface area contributed by atoms with Crippen molar-refractivity contribution in [2.45, 2.75) is 161 Å². The van der Waals surface area contributed by atoms with E-state index in [1.54, 1.807) is 0 Å². The molecule has 8 rings (SSSR count). The van der Waals surface area contributed by atoms with Crippen molar-refractivity contribution in [1.29, 1.82) is 0 Å². The normalized spacial score (nSPS) is 42.5. The molecule has 0 radical (unpaired) electrons. The molecule has 8 aliphatic rings. The largest absolute Gasteiger partial charge is 0.459 e. The highest BCUT2D eigenvalue weighted by molar-refractivity contribution is 5.76. The van der Waals surface area contributed by atoms with Gasteiger partial charge in [0.15, 0.2) is 0 Å². The zero-order chi connectivity index (χ0) is 30.2. The highest BCUT2D eigenvalue weighted by Gasteiger charge is 2.65. The summed E-state index contributed by atoms with van der Waals surface area (Å²) in [7, 11) is 0. The molecule has 0 heterocycles. The maximum absolute atomic E-state index is 12.5. The minimum Gasteiger partial charge on any atom is -0.459 e. The van der Waals surface area contributed by atoms with Crippen LogP contribution < -0.4 is 0 Å². The molecule has 8 bridgehead atoms. The Kier molecular flexibility index (Phi) is 7.79. The third-order valence-electron chi connectivity index (χ3n) is 12.5. The summed E-state index contributed by atoms with van der Waals surface area (Å²) in [6, 6.07) is 0. The SMILES string of the molecule is CCC(C)(C)C(=O)OC(C)(C)C1C2CC3CC(C2)CC1C3.CCC(C)(C)C(=O)OC12CC3CC(O)(CC(O)(C3)C1)C2. The lowest BCUT2D eigenvalue weighted by atomic mass is 9.49. The Bertz CT molecular complexity index is 980. The number of hydrogen-bond donors (Lipinski definition) is 2. The molecular formula is C35H58O6. The monoisotopic (exact) mass is 574 g/mol. The number of carbonyl (C=O) groups excluding carboxylic acids is 2. The van der Waals surface area contributed by atoms with Crippen LogP contribution in [0.2, 0.25) is 0 Å². The molecule has 0 aromatic rings. The van der Waals surface area contributed by atoms with Gasteiger partial charge in [-0.1, -0.05) is 13.8 Å². The first-order chi connectivity index (χ1) is 18.8. The second-order valence-electron chi connectivity index (χ2n) is 17.5. The Hall–Kier alpha value is -1.14. The number of aliphatic hydroxyl groups is 2. The van der Waals surface area contributed by atoms with Crippen LogP contribution in [-0.4, -0.2) is 44.6 Å². The molecule has 0 saturated heterocycles. The number of rotatable bonds is 7. The molecule has 0 aliphatic heterocycles. The van der Waals surface area contributed by atoms with Crippen molar-refractivity contribution in [3.05, 3.63) is 0 Å². The van der Waals surface area contributed by atoms with Gasteiger partial charge in [-0.05, 0) is 135 Å². The Balaban J connectivity index is 0.000000165. The van der Waals surface area contributed by atoms with Crippen LogP contribution in [0.3, 0.4) is 0 Å². The van der Waals surface area contributed by atoms with Gasteiger partial charge in [0, 0.05) is 25.2 Å². The van der Waals surface area contributed by atoms with Crippen molar-refractivity contribution in [2.75, 3.05) is 0 Å². The lowest BCUT2D eigenvalue weighted by molar-refractivity contribution is -0.264. The van der Waals surface area contributed by atoms with Gasteiger partial charge in [0.2, 0.25) is 0 Å². The summed E-state index contributed by atoms with van der Waals surface area (Å²) in [6.45, 7) is 16.2. The predicted molar refractivity (Wildman–Crippen MR) is 159 cm³/mol. The Morgan fingerprint density at radius 2 is 1.15 bits per heavy atom. The lowest BCUT2D eigenvalue weighted by Crippen LogP contribution is -2.67. The van der Waals surface area contributed by atoms with E-state index in [-0.39, 0.29) is 28.9 Å². The van der Waals surface area contributed by atoms with Crippen molar-refractivity contribution in [3.63, 3.8) is 0 Å². The summed E-state index contributed by atoms with van der Waals surface area (Å²) in [5.41, 5.74) is -3.49. The van der Waals surface area contributed by atoms with Crippen LogP contribution in [0, 0.1) is 46.3 Å². The molecule has 234 valence electrons. The van der Waals surface area contributed by atoms with Gasteiger partial charge >= 0.3 is 11.9 Å². The van der Waals surface area contributed by atoms with E-state index in [0.717, 1.165) is 55.8 Å². The van der Waals surface area contributed by atoms with Gasteiger partial charge in [0.25, 0.3) is 0 Å². The first kappa shape index (κ1) is 31.3. The molecule has 8 fully saturated rings. The van der Waals surface area contributed by atoms with Crippen LogP contribution in [0.5, 0.6) is 0 Å². The minimum absolute atomic E-state index is 0.0104. The van der Waals surface area contributed by atoms with E-state index >= 15 is 0 Å². The van der Waals surface area contributed by atoms with Crippen LogP contribution in [0.15, 0.2) is 0 Å².